The zero-order valence-corrected chi connectivity index (χ0v) is 9.21. The van der Waals surface area contributed by atoms with Crippen molar-refractivity contribution in [2.75, 3.05) is 0 Å². The summed E-state index contributed by atoms with van der Waals surface area (Å²) in [4.78, 5) is 4.37. The Bertz CT molecular complexity index is 554. The van der Waals surface area contributed by atoms with Gasteiger partial charge in [-0.05, 0) is 30.4 Å². The van der Waals surface area contributed by atoms with Crippen molar-refractivity contribution in [3.8, 4) is 5.88 Å². The van der Waals surface area contributed by atoms with E-state index >= 15 is 0 Å². The number of rotatable bonds is 3. The molecule has 0 unspecified atom stereocenters. The summed E-state index contributed by atoms with van der Waals surface area (Å²) in [5, 5.41) is 19.0. The van der Waals surface area contributed by atoms with E-state index in [1.54, 1.807) is 18.2 Å². The first-order valence-electron chi connectivity index (χ1n) is 5.66. The Labute approximate surface area is 99.0 Å². The SMILES string of the molecule is OB(O)c1ccc2nc(OC3CC3)ccc2c1. The third kappa shape index (κ3) is 2.25. The van der Waals surface area contributed by atoms with Crippen LogP contribution in [0.5, 0.6) is 5.88 Å². The second kappa shape index (κ2) is 4.02. The Kier molecular flexibility index (Phi) is 2.50. The van der Waals surface area contributed by atoms with E-state index in [2.05, 4.69) is 4.98 Å². The Balaban J connectivity index is 1.96. The minimum Gasteiger partial charge on any atom is -0.474 e. The van der Waals surface area contributed by atoms with Gasteiger partial charge in [-0.15, -0.1) is 0 Å². The molecule has 2 aromatic rings. The zero-order valence-electron chi connectivity index (χ0n) is 9.21. The number of nitrogens with zero attached hydrogens (tertiary/aromatic N) is 1. The van der Waals surface area contributed by atoms with Crippen molar-refractivity contribution in [2.45, 2.75) is 18.9 Å². The molecule has 86 valence electrons. The molecule has 1 aliphatic carbocycles. The molecular formula is C12H12BNO3. The van der Waals surface area contributed by atoms with Crippen molar-refractivity contribution in [3.05, 3.63) is 30.3 Å². The van der Waals surface area contributed by atoms with Gasteiger partial charge < -0.3 is 14.8 Å². The number of hydrogen-bond donors (Lipinski definition) is 2. The number of benzene rings is 1. The third-order valence-electron chi connectivity index (χ3n) is 2.80. The Hall–Kier alpha value is -1.59. The Morgan fingerprint density at radius 2 is 2.00 bits per heavy atom. The molecule has 1 fully saturated rings. The highest BCUT2D eigenvalue weighted by Gasteiger charge is 2.24. The van der Waals surface area contributed by atoms with Crippen molar-refractivity contribution < 1.29 is 14.8 Å². The van der Waals surface area contributed by atoms with Crippen LogP contribution in [0.25, 0.3) is 10.9 Å². The van der Waals surface area contributed by atoms with Crippen molar-refractivity contribution in [1.29, 1.82) is 0 Å². The maximum atomic E-state index is 9.08. The lowest BCUT2D eigenvalue weighted by Crippen LogP contribution is -2.29. The van der Waals surface area contributed by atoms with Crippen LogP contribution in [0.1, 0.15) is 12.8 Å². The van der Waals surface area contributed by atoms with Crippen LogP contribution in [0.4, 0.5) is 0 Å². The summed E-state index contributed by atoms with van der Waals surface area (Å²) in [5.74, 6) is 0.636. The molecular weight excluding hydrogens is 217 g/mol. The number of pyridine rings is 1. The van der Waals surface area contributed by atoms with E-state index in [1.807, 2.05) is 12.1 Å². The van der Waals surface area contributed by atoms with Gasteiger partial charge in [-0.3, -0.25) is 0 Å². The molecule has 5 heteroatoms. The molecule has 4 nitrogen and oxygen atoms in total. The van der Waals surface area contributed by atoms with Crippen LogP contribution in [0, 0.1) is 0 Å². The van der Waals surface area contributed by atoms with Crippen LogP contribution in [0.3, 0.4) is 0 Å². The van der Waals surface area contributed by atoms with Crippen LogP contribution in [0.15, 0.2) is 30.3 Å². The van der Waals surface area contributed by atoms with Crippen molar-refractivity contribution in [3.63, 3.8) is 0 Å². The molecule has 0 aliphatic heterocycles. The van der Waals surface area contributed by atoms with Crippen LogP contribution in [-0.2, 0) is 0 Å². The summed E-state index contributed by atoms with van der Waals surface area (Å²) in [6.07, 6.45) is 2.54. The van der Waals surface area contributed by atoms with Crippen LogP contribution < -0.4 is 10.2 Å². The average molecular weight is 229 g/mol. The lowest BCUT2D eigenvalue weighted by Gasteiger charge is -2.06. The normalized spacial score (nSPS) is 14.9. The molecule has 0 atom stereocenters. The van der Waals surface area contributed by atoms with Crippen molar-refractivity contribution in [1.82, 2.24) is 4.98 Å². The molecule has 17 heavy (non-hydrogen) atoms. The van der Waals surface area contributed by atoms with Crippen molar-refractivity contribution in [2.24, 2.45) is 0 Å². The van der Waals surface area contributed by atoms with E-state index < -0.39 is 7.12 Å². The van der Waals surface area contributed by atoms with Gasteiger partial charge in [-0.25, -0.2) is 4.98 Å². The molecule has 1 aromatic carbocycles. The monoisotopic (exact) mass is 229 g/mol. The van der Waals surface area contributed by atoms with E-state index in [4.69, 9.17) is 14.8 Å². The van der Waals surface area contributed by atoms with E-state index in [1.165, 1.54) is 0 Å². The molecule has 0 amide bonds. The summed E-state index contributed by atoms with van der Waals surface area (Å²) in [6.45, 7) is 0. The van der Waals surface area contributed by atoms with E-state index in [-0.39, 0.29) is 0 Å². The molecule has 1 heterocycles. The van der Waals surface area contributed by atoms with Gasteiger partial charge in [0.25, 0.3) is 0 Å². The molecule has 0 radical (unpaired) electrons. The van der Waals surface area contributed by atoms with E-state index in [9.17, 15) is 0 Å². The highest BCUT2D eigenvalue weighted by Crippen LogP contribution is 2.26. The van der Waals surface area contributed by atoms with Gasteiger partial charge >= 0.3 is 7.12 Å². The molecule has 0 spiro atoms. The third-order valence-corrected chi connectivity index (χ3v) is 2.80. The second-order valence-corrected chi connectivity index (χ2v) is 4.29. The average Bonchev–Trinajstić information content (AvgIpc) is 3.12. The zero-order chi connectivity index (χ0) is 11.8. The highest BCUT2D eigenvalue weighted by atomic mass is 16.5. The minimum absolute atomic E-state index is 0.332. The fourth-order valence-corrected chi connectivity index (χ4v) is 1.71. The van der Waals surface area contributed by atoms with E-state index in [0.717, 1.165) is 23.7 Å². The van der Waals surface area contributed by atoms with Crippen molar-refractivity contribution >= 4 is 23.5 Å². The maximum Gasteiger partial charge on any atom is 0.488 e. The summed E-state index contributed by atoms with van der Waals surface area (Å²) >= 11 is 0. The smallest absolute Gasteiger partial charge is 0.474 e. The molecule has 0 saturated heterocycles. The maximum absolute atomic E-state index is 9.08. The lowest BCUT2D eigenvalue weighted by molar-refractivity contribution is 0.292. The predicted octanol–water partition coefficient (Wildman–Crippen LogP) is 0.456. The first-order valence-corrected chi connectivity index (χ1v) is 5.66. The fourth-order valence-electron chi connectivity index (χ4n) is 1.71. The largest absolute Gasteiger partial charge is 0.488 e. The lowest BCUT2D eigenvalue weighted by atomic mass is 9.80. The van der Waals surface area contributed by atoms with E-state index in [0.29, 0.717) is 17.4 Å². The first-order chi connectivity index (χ1) is 8.22. The topological polar surface area (TPSA) is 62.6 Å². The number of aromatic nitrogens is 1. The number of fused-ring (bicyclic) bond motifs is 1. The van der Waals surface area contributed by atoms with Gasteiger partial charge in [0.05, 0.1) is 5.52 Å². The summed E-state index contributed by atoms with van der Waals surface area (Å²) in [6, 6.07) is 8.83. The van der Waals surface area contributed by atoms with Crippen LogP contribution >= 0.6 is 0 Å². The van der Waals surface area contributed by atoms with Crippen LogP contribution in [-0.4, -0.2) is 28.3 Å². The Morgan fingerprint density at radius 1 is 1.18 bits per heavy atom. The molecule has 2 N–H and O–H groups in total. The standard InChI is InChI=1S/C12H12BNO3/c15-13(16)9-2-5-11-8(7-9)1-6-12(14-11)17-10-3-4-10/h1-2,5-7,10,15-16H,3-4H2. The Morgan fingerprint density at radius 3 is 2.71 bits per heavy atom. The molecule has 1 saturated carbocycles. The van der Waals surface area contributed by atoms with Crippen LogP contribution in [0.2, 0.25) is 0 Å². The quantitative estimate of drug-likeness (QED) is 0.750. The first kappa shape index (κ1) is 10.6. The van der Waals surface area contributed by atoms with Gasteiger partial charge in [0.1, 0.15) is 6.10 Å². The highest BCUT2D eigenvalue weighted by molar-refractivity contribution is 6.58. The fraction of sp³-hybridized carbons (Fsp3) is 0.250. The molecule has 1 aliphatic rings. The number of hydrogen-bond acceptors (Lipinski definition) is 4. The second-order valence-electron chi connectivity index (χ2n) is 4.29. The minimum atomic E-state index is -1.44. The number of ether oxygens (including phenoxy) is 1. The van der Waals surface area contributed by atoms with Gasteiger partial charge in [0, 0.05) is 11.5 Å². The summed E-state index contributed by atoms with van der Waals surface area (Å²) in [7, 11) is -1.44. The van der Waals surface area contributed by atoms with Gasteiger partial charge in [0.2, 0.25) is 5.88 Å². The summed E-state index contributed by atoms with van der Waals surface area (Å²) < 4.78 is 5.60. The predicted molar refractivity (Wildman–Crippen MR) is 65.2 cm³/mol. The molecule has 0 bridgehead atoms. The molecule has 1 aromatic heterocycles. The molecule has 3 rings (SSSR count). The van der Waals surface area contributed by atoms with Gasteiger partial charge in [-0.2, -0.15) is 0 Å². The van der Waals surface area contributed by atoms with Gasteiger partial charge in [-0.1, -0.05) is 12.1 Å². The van der Waals surface area contributed by atoms with Gasteiger partial charge in [0.15, 0.2) is 0 Å². The summed E-state index contributed by atoms with van der Waals surface area (Å²) in [5.41, 5.74) is 1.27.